The van der Waals surface area contributed by atoms with E-state index in [0.29, 0.717) is 16.3 Å². The van der Waals surface area contributed by atoms with Gasteiger partial charge in [0.1, 0.15) is 11.5 Å². The van der Waals surface area contributed by atoms with Gasteiger partial charge in [-0.15, -0.1) is 0 Å². The molecule has 2 aromatic heterocycles. The second kappa shape index (κ2) is 7.73. The highest BCUT2D eigenvalue weighted by Gasteiger charge is 2.47. The number of aromatic nitrogens is 1. The van der Waals surface area contributed by atoms with Crippen molar-refractivity contribution in [3.8, 4) is 0 Å². The van der Waals surface area contributed by atoms with Gasteiger partial charge in [-0.05, 0) is 30.3 Å². The summed E-state index contributed by atoms with van der Waals surface area (Å²) in [5, 5.41) is 12.5. The molecule has 1 fully saturated rings. The molecular formula is C25H19ClN2O4. The number of halogens is 1. The summed E-state index contributed by atoms with van der Waals surface area (Å²) < 4.78 is 7.39. The minimum atomic E-state index is -0.787. The Labute approximate surface area is 188 Å². The minimum absolute atomic E-state index is 0.0279. The van der Waals surface area contributed by atoms with Crippen molar-refractivity contribution >= 4 is 40.0 Å². The molecular weight excluding hydrogens is 428 g/mol. The summed E-state index contributed by atoms with van der Waals surface area (Å²) in [6, 6.07) is 17.0. The summed E-state index contributed by atoms with van der Waals surface area (Å²) >= 11 is 6.11. The molecule has 0 saturated carbocycles. The average molecular weight is 447 g/mol. The lowest BCUT2D eigenvalue weighted by Crippen LogP contribution is -2.29. The molecule has 1 atom stereocenters. The van der Waals surface area contributed by atoms with Crippen LogP contribution >= 0.6 is 11.6 Å². The van der Waals surface area contributed by atoms with Gasteiger partial charge in [-0.2, -0.15) is 0 Å². The number of benzene rings is 2. The number of ketones is 1. The Bertz CT molecular complexity index is 1380. The lowest BCUT2D eigenvalue weighted by molar-refractivity contribution is -0.140. The van der Waals surface area contributed by atoms with E-state index in [-0.39, 0.29) is 17.9 Å². The van der Waals surface area contributed by atoms with Gasteiger partial charge >= 0.3 is 0 Å². The number of carbonyl (C=O) groups is 2. The topological polar surface area (TPSA) is 75.7 Å². The summed E-state index contributed by atoms with van der Waals surface area (Å²) in [5.41, 5.74) is 2.10. The second-order valence-corrected chi connectivity index (χ2v) is 8.17. The van der Waals surface area contributed by atoms with E-state index in [0.717, 1.165) is 16.5 Å². The number of hydrogen-bond donors (Lipinski definition) is 1. The maximum absolute atomic E-state index is 13.2. The Hall–Kier alpha value is -3.77. The standard InChI is InChI=1S/C25H19ClN2O4/c1-27-14-19(18-9-2-3-10-20(18)27)22-21(23(29)15-6-4-7-16(26)12-15)24(30)25(31)28(22)13-17-8-5-11-32-17/h2-12,14,22,29H,13H2,1H3/b23-21+. The molecule has 0 spiro atoms. The maximum Gasteiger partial charge on any atom is 0.296 e. The highest BCUT2D eigenvalue weighted by atomic mass is 35.5. The van der Waals surface area contributed by atoms with Crippen LogP contribution in [-0.4, -0.2) is 26.3 Å². The van der Waals surface area contributed by atoms with Gasteiger partial charge in [0.25, 0.3) is 11.7 Å². The van der Waals surface area contributed by atoms with Gasteiger partial charge in [0, 0.05) is 40.3 Å². The van der Waals surface area contributed by atoms with Crippen molar-refractivity contribution < 1.29 is 19.1 Å². The van der Waals surface area contributed by atoms with Gasteiger partial charge < -0.3 is 19.0 Å². The van der Waals surface area contributed by atoms with E-state index in [4.69, 9.17) is 16.0 Å². The van der Waals surface area contributed by atoms with E-state index in [1.54, 1.807) is 36.4 Å². The van der Waals surface area contributed by atoms with Crippen molar-refractivity contribution in [3.63, 3.8) is 0 Å². The number of aryl methyl sites for hydroxylation is 1. The summed E-state index contributed by atoms with van der Waals surface area (Å²) in [5.74, 6) is -1.15. The lowest BCUT2D eigenvalue weighted by Gasteiger charge is -2.24. The number of furan rings is 1. The number of Topliss-reactive ketones (excluding diaryl/α,β-unsaturated/α-hetero) is 1. The fourth-order valence-corrected chi connectivity index (χ4v) is 4.51. The Balaban J connectivity index is 1.75. The van der Waals surface area contributed by atoms with Gasteiger partial charge in [-0.25, -0.2) is 0 Å². The monoisotopic (exact) mass is 446 g/mol. The second-order valence-electron chi connectivity index (χ2n) is 7.73. The van der Waals surface area contributed by atoms with E-state index < -0.39 is 17.7 Å². The molecule has 1 amide bonds. The smallest absolute Gasteiger partial charge is 0.296 e. The van der Waals surface area contributed by atoms with E-state index in [1.165, 1.54) is 11.2 Å². The number of fused-ring (bicyclic) bond motifs is 1. The quantitative estimate of drug-likeness (QED) is 0.270. The van der Waals surface area contributed by atoms with Crippen LogP contribution in [0.15, 0.2) is 83.1 Å². The minimum Gasteiger partial charge on any atom is -0.507 e. The number of hydrogen-bond acceptors (Lipinski definition) is 4. The fraction of sp³-hybridized carbons (Fsp3) is 0.120. The molecule has 1 N–H and O–H groups in total. The van der Waals surface area contributed by atoms with Crippen molar-refractivity contribution in [2.24, 2.45) is 7.05 Å². The molecule has 3 heterocycles. The van der Waals surface area contributed by atoms with Crippen LogP contribution in [0.25, 0.3) is 16.7 Å². The molecule has 160 valence electrons. The van der Waals surface area contributed by atoms with Crippen molar-refractivity contribution in [2.75, 3.05) is 0 Å². The molecule has 5 rings (SSSR count). The molecule has 0 aliphatic carbocycles. The molecule has 1 aliphatic rings. The number of carbonyl (C=O) groups excluding carboxylic acids is 2. The first kappa shape index (κ1) is 20.2. The van der Waals surface area contributed by atoms with Gasteiger partial charge in [0.2, 0.25) is 0 Å². The Morgan fingerprint density at radius 1 is 1.09 bits per heavy atom. The number of rotatable bonds is 4. The number of aliphatic hydroxyl groups excluding tert-OH is 1. The summed E-state index contributed by atoms with van der Waals surface area (Å²) in [6.07, 6.45) is 3.41. The van der Waals surface area contributed by atoms with Crippen molar-refractivity contribution in [3.05, 3.63) is 101 Å². The number of aliphatic hydroxyl groups is 1. The van der Waals surface area contributed by atoms with Crippen LogP contribution in [0, 0.1) is 0 Å². The molecule has 6 nitrogen and oxygen atoms in total. The van der Waals surface area contributed by atoms with Crippen LogP contribution in [0.5, 0.6) is 0 Å². The summed E-state index contributed by atoms with van der Waals surface area (Å²) in [7, 11) is 1.90. The van der Waals surface area contributed by atoms with E-state index in [2.05, 4.69) is 0 Å². The van der Waals surface area contributed by atoms with E-state index >= 15 is 0 Å². The third kappa shape index (κ3) is 3.20. The van der Waals surface area contributed by atoms with E-state index in [9.17, 15) is 14.7 Å². The molecule has 0 radical (unpaired) electrons. The first-order valence-corrected chi connectivity index (χ1v) is 10.4. The van der Waals surface area contributed by atoms with E-state index in [1.807, 2.05) is 42.1 Å². The Morgan fingerprint density at radius 3 is 2.66 bits per heavy atom. The van der Waals surface area contributed by atoms with Gasteiger partial charge in [-0.3, -0.25) is 9.59 Å². The van der Waals surface area contributed by atoms with Crippen LogP contribution in [0.2, 0.25) is 5.02 Å². The summed E-state index contributed by atoms with van der Waals surface area (Å²) in [6.45, 7) is 0.0950. The molecule has 32 heavy (non-hydrogen) atoms. The molecule has 4 aromatic rings. The number of amides is 1. The maximum atomic E-state index is 13.2. The number of likely N-dealkylation sites (tertiary alicyclic amines) is 1. The zero-order valence-corrected chi connectivity index (χ0v) is 17.9. The molecule has 1 unspecified atom stereocenters. The van der Waals surface area contributed by atoms with Gasteiger partial charge in [0.15, 0.2) is 0 Å². The molecule has 7 heteroatoms. The van der Waals surface area contributed by atoms with Crippen molar-refractivity contribution in [1.82, 2.24) is 9.47 Å². The third-order valence-corrected chi connectivity index (χ3v) is 6.00. The van der Waals surface area contributed by atoms with Gasteiger partial charge in [0.05, 0.1) is 24.4 Å². The zero-order chi connectivity index (χ0) is 22.4. The normalized spacial score (nSPS) is 18.1. The Kier molecular flexibility index (Phi) is 4.87. The Morgan fingerprint density at radius 2 is 1.91 bits per heavy atom. The molecule has 1 saturated heterocycles. The van der Waals surface area contributed by atoms with Crippen molar-refractivity contribution in [2.45, 2.75) is 12.6 Å². The summed E-state index contributed by atoms with van der Waals surface area (Å²) in [4.78, 5) is 27.8. The molecule has 1 aliphatic heterocycles. The molecule has 0 bridgehead atoms. The zero-order valence-electron chi connectivity index (χ0n) is 17.2. The average Bonchev–Trinajstić information content (AvgIpc) is 3.48. The van der Waals surface area contributed by atoms with Crippen LogP contribution in [0.4, 0.5) is 0 Å². The van der Waals surface area contributed by atoms with Crippen LogP contribution in [-0.2, 0) is 23.2 Å². The first-order valence-electron chi connectivity index (χ1n) is 10.1. The fourth-order valence-electron chi connectivity index (χ4n) is 4.32. The number of para-hydroxylation sites is 1. The van der Waals surface area contributed by atoms with Crippen LogP contribution in [0.3, 0.4) is 0 Å². The van der Waals surface area contributed by atoms with Crippen LogP contribution in [0.1, 0.15) is 22.9 Å². The van der Waals surface area contributed by atoms with Crippen LogP contribution < -0.4 is 0 Å². The lowest BCUT2D eigenvalue weighted by atomic mass is 9.95. The van der Waals surface area contributed by atoms with Gasteiger partial charge in [-0.1, -0.05) is 41.9 Å². The predicted octanol–water partition coefficient (Wildman–Crippen LogP) is 5.05. The number of nitrogens with zero attached hydrogens (tertiary/aromatic N) is 2. The largest absolute Gasteiger partial charge is 0.507 e. The highest BCUT2D eigenvalue weighted by molar-refractivity contribution is 6.46. The SMILES string of the molecule is Cn1cc(C2/C(=C(\O)c3cccc(Cl)c3)C(=O)C(=O)N2Cc2ccco2)c2ccccc21. The predicted molar refractivity (Wildman–Crippen MR) is 121 cm³/mol. The highest BCUT2D eigenvalue weighted by Crippen LogP contribution is 2.43. The van der Waals surface area contributed by atoms with Crippen molar-refractivity contribution in [1.29, 1.82) is 0 Å². The first-order chi connectivity index (χ1) is 15.5. The molecule has 2 aromatic carbocycles. The third-order valence-electron chi connectivity index (χ3n) is 5.77.